The van der Waals surface area contributed by atoms with Crippen LogP contribution in [0.3, 0.4) is 0 Å². The molecule has 0 radical (unpaired) electrons. The Labute approximate surface area is 171 Å². The van der Waals surface area contributed by atoms with Gasteiger partial charge in [-0.05, 0) is 25.0 Å². The summed E-state index contributed by atoms with van der Waals surface area (Å²) in [5.74, 6) is 0.651. The quantitative estimate of drug-likeness (QED) is 0.679. The molecule has 6 heteroatoms. The summed E-state index contributed by atoms with van der Waals surface area (Å²) in [6.07, 6.45) is 4.53. The summed E-state index contributed by atoms with van der Waals surface area (Å²) >= 11 is 0. The van der Waals surface area contributed by atoms with Crippen molar-refractivity contribution in [2.45, 2.75) is 37.8 Å². The van der Waals surface area contributed by atoms with Gasteiger partial charge in [-0.1, -0.05) is 30.4 Å². The normalized spacial score (nSPS) is 24.3. The van der Waals surface area contributed by atoms with Crippen LogP contribution in [0.2, 0.25) is 0 Å². The van der Waals surface area contributed by atoms with Gasteiger partial charge in [-0.15, -0.1) is 0 Å². The van der Waals surface area contributed by atoms with E-state index in [1.807, 2.05) is 0 Å². The molecule has 2 aliphatic carbocycles. The topological polar surface area (TPSA) is 72.1 Å². The minimum atomic E-state index is -0.644. The second-order valence-electron chi connectivity index (χ2n) is 8.65. The fraction of sp³-hybridized carbons (Fsp3) is 0.478. The molecule has 29 heavy (non-hydrogen) atoms. The van der Waals surface area contributed by atoms with Crippen LogP contribution < -0.4 is 4.90 Å². The summed E-state index contributed by atoms with van der Waals surface area (Å²) in [7, 11) is 0. The third-order valence-corrected chi connectivity index (χ3v) is 6.80. The van der Waals surface area contributed by atoms with E-state index in [1.54, 1.807) is 0 Å². The molecule has 6 nitrogen and oxygen atoms in total. The molecule has 1 saturated heterocycles. The minimum absolute atomic E-state index is 0.123. The molecule has 154 valence electrons. The van der Waals surface area contributed by atoms with Gasteiger partial charge in [-0.25, -0.2) is 0 Å². The van der Waals surface area contributed by atoms with Gasteiger partial charge in [0.15, 0.2) is 11.8 Å². The first-order valence-electron chi connectivity index (χ1n) is 10.6. The molecular weight excluding hydrogens is 366 g/mol. The number of anilines is 1. The van der Waals surface area contributed by atoms with E-state index in [-0.39, 0.29) is 30.1 Å². The minimum Gasteiger partial charge on any atom is -0.494 e. The molecule has 3 N–H and O–H groups in total. The number of allylic oxidation sites excluding steroid dienone is 2. The Balaban J connectivity index is 1.20. The van der Waals surface area contributed by atoms with Gasteiger partial charge in [-0.3, -0.25) is 9.47 Å². The SMILES string of the molecule is Cc1ccccc1N1CCN(CC(O)Cn2c(O)c3c(c2O)C2C=CC3C2)CC1. The van der Waals surface area contributed by atoms with Gasteiger partial charge in [0.2, 0.25) is 0 Å². The molecule has 3 unspecified atom stereocenters. The molecule has 0 saturated carbocycles. The number of benzene rings is 1. The van der Waals surface area contributed by atoms with Crippen LogP contribution in [0.15, 0.2) is 36.4 Å². The van der Waals surface area contributed by atoms with E-state index < -0.39 is 6.10 Å². The maximum atomic E-state index is 10.7. The van der Waals surface area contributed by atoms with Crippen molar-refractivity contribution in [1.29, 1.82) is 0 Å². The van der Waals surface area contributed by atoms with Crippen LogP contribution in [-0.2, 0) is 6.54 Å². The van der Waals surface area contributed by atoms with E-state index in [0.29, 0.717) is 6.54 Å². The average molecular weight is 396 g/mol. The van der Waals surface area contributed by atoms with Crippen LogP contribution >= 0.6 is 0 Å². The highest BCUT2D eigenvalue weighted by Crippen LogP contribution is 2.56. The van der Waals surface area contributed by atoms with Gasteiger partial charge in [0.1, 0.15) is 0 Å². The van der Waals surface area contributed by atoms with Crippen LogP contribution in [-0.4, -0.2) is 63.6 Å². The molecular formula is C23H29N3O3. The largest absolute Gasteiger partial charge is 0.494 e. The highest BCUT2D eigenvalue weighted by Gasteiger charge is 2.41. The third-order valence-electron chi connectivity index (χ3n) is 6.80. The molecule has 2 aromatic rings. The Bertz CT molecular complexity index is 908. The molecule has 1 aliphatic heterocycles. The number of aliphatic hydroxyl groups is 1. The molecule has 5 rings (SSSR count). The molecule has 1 aromatic heterocycles. The lowest BCUT2D eigenvalue weighted by Crippen LogP contribution is -2.49. The van der Waals surface area contributed by atoms with Crippen molar-refractivity contribution in [3.05, 3.63) is 53.1 Å². The number of para-hydroxylation sites is 1. The summed E-state index contributed by atoms with van der Waals surface area (Å²) in [5.41, 5.74) is 4.28. The average Bonchev–Trinajstić information content (AvgIpc) is 3.39. The Morgan fingerprint density at radius 3 is 2.17 bits per heavy atom. The number of aliphatic hydroxyl groups excluding tert-OH is 1. The van der Waals surface area contributed by atoms with Crippen molar-refractivity contribution in [3.63, 3.8) is 0 Å². The van der Waals surface area contributed by atoms with E-state index in [4.69, 9.17) is 0 Å². The van der Waals surface area contributed by atoms with Gasteiger partial charge < -0.3 is 20.2 Å². The number of piperazine rings is 1. The second kappa shape index (κ2) is 7.11. The molecule has 3 atom stereocenters. The fourth-order valence-electron chi connectivity index (χ4n) is 5.32. The van der Waals surface area contributed by atoms with Crippen molar-refractivity contribution in [1.82, 2.24) is 9.47 Å². The predicted octanol–water partition coefficient (Wildman–Crippen LogP) is 2.53. The number of fused-ring (bicyclic) bond motifs is 5. The summed E-state index contributed by atoms with van der Waals surface area (Å²) in [6, 6.07) is 8.45. The highest BCUT2D eigenvalue weighted by molar-refractivity contribution is 5.58. The van der Waals surface area contributed by atoms with Gasteiger partial charge in [0, 0.05) is 61.4 Å². The first kappa shape index (κ1) is 18.6. The molecule has 3 aliphatic rings. The second-order valence-corrected chi connectivity index (χ2v) is 8.65. The van der Waals surface area contributed by atoms with Crippen molar-refractivity contribution < 1.29 is 15.3 Å². The van der Waals surface area contributed by atoms with Gasteiger partial charge in [0.25, 0.3) is 0 Å². The van der Waals surface area contributed by atoms with Gasteiger partial charge >= 0.3 is 0 Å². The maximum absolute atomic E-state index is 10.7. The first-order chi connectivity index (χ1) is 14.0. The lowest BCUT2D eigenvalue weighted by atomic mass is 10.0. The first-order valence-corrected chi connectivity index (χ1v) is 10.6. The summed E-state index contributed by atoms with van der Waals surface area (Å²) < 4.78 is 1.49. The van der Waals surface area contributed by atoms with Crippen molar-refractivity contribution >= 4 is 5.69 Å². The smallest absolute Gasteiger partial charge is 0.198 e. The van der Waals surface area contributed by atoms with Crippen LogP contribution in [0.25, 0.3) is 0 Å². The highest BCUT2D eigenvalue weighted by atomic mass is 16.3. The number of hydrogen-bond donors (Lipinski definition) is 3. The Hall–Kier alpha value is -2.44. The van der Waals surface area contributed by atoms with Gasteiger partial charge in [-0.2, -0.15) is 0 Å². The van der Waals surface area contributed by atoms with E-state index in [0.717, 1.165) is 43.7 Å². The Morgan fingerprint density at radius 2 is 1.55 bits per heavy atom. The van der Waals surface area contributed by atoms with Gasteiger partial charge in [0.05, 0.1) is 12.6 Å². The van der Waals surface area contributed by atoms with Crippen molar-refractivity contribution in [2.24, 2.45) is 0 Å². The third kappa shape index (κ3) is 3.11. The van der Waals surface area contributed by atoms with Crippen LogP contribution in [0.1, 0.15) is 34.9 Å². The van der Waals surface area contributed by atoms with Crippen LogP contribution in [0, 0.1) is 6.92 Å². The zero-order chi connectivity index (χ0) is 20.1. The molecule has 0 amide bonds. The number of aromatic nitrogens is 1. The van der Waals surface area contributed by atoms with E-state index >= 15 is 0 Å². The molecule has 0 spiro atoms. The number of β-amino-alcohol motifs (C(OH)–C–C–N with tert-alkyl or cyclic N) is 1. The molecule has 1 aromatic carbocycles. The monoisotopic (exact) mass is 395 g/mol. The number of aromatic hydroxyl groups is 2. The molecule has 2 bridgehead atoms. The molecule has 1 fully saturated rings. The zero-order valence-electron chi connectivity index (χ0n) is 16.8. The number of rotatable bonds is 5. The lowest BCUT2D eigenvalue weighted by Gasteiger charge is -2.37. The lowest BCUT2D eigenvalue weighted by molar-refractivity contribution is 0.0907. The Kier molecular flexibility index (Phi) is 4.56. The van der Waals surface area contributed by atoms with E-state index in [2.05, 4.69) is 53.1 Å². The standard InChI is InChI=1S/C23H29N3O3/c1-15-4-2-3-5-19(15)25-10-8-24(9-11-25)13-18(27)14-26-22(28)20-16-6-7-17(12-16)21(20)23(26)29/h2-7,16-18,27-29H,8-14H2,1H3. The van der Waals surface area contributed by atoms with Crippen molar-refractivity contribution in [2.75, 3.05) is 37.6 Å². The number of nitrogens with zero attached hydrogens (tertiary/aromatic N) is 3. The van der Waals surface area contributed by atoms with E-state index in [1.165, 1.54) is 15.8 Å². The molecule has 2 heterocycles. The predicted molar refractivity (Wildman–Crippen MR) is 113 cm³/mol. The maximum Gasteiger partial charge on any atom is 0.198 e. The van der Waals surface area contributed by atoms with Crippen molar-refractivity contribution in [3.8, 4) is 11.8 Å². The van der Waals surface area contributed by atoms with E-state index in [9.17, 15) is 15.3 Å². The zero-order valence-corrected chi connectivity index (χ0v) is 16.8. The fourth-order valence-corrected chi connectivity index (χ4v) is 5.32. The summed E-state index contributed by atoms with van der Waals surface area (Å²) in [5, 5.41) is 31.9. The number of aryl methyl sites for hydroxylation is 1. The van der Waals surface area contributed by atoms with Crippen LogP contribution in [0.4, 0.5) is 5.69 Å². The summed E-state index contributed by atoms with van der Waals surface area (Å²) in [6.45, 7) is 6.53. The number of hydrogen-bond acceptors (Lipinski definition) is 5. The summed E-state index contributed by atoms with van der Waals surface area (Å²) in [4.78, 5) is 4.66. The Morgan fingerprint density at radius 1 is 0.931 bits per heavy atom. The van der Waals surface area contributed by atoms with Crippen LogP contribution in [0.5, 0.6) is 11.8 Å².